The Bertz CT molecular complexity index is 554. The molecule has 0 fully saturated rings. The number of rotatable bonds is 4. The number of anilines is 2. The Morgan fingerprint density at radius 3 is 2.50 bits per heavy atom. The van der Waals surface area contributed by atoms with Gasteiger partial charge in [-0.1, -0.05) is 34.8 Å². The molecule has 0 saturated heterocycles. The fraction of sp³-hybridized carbons (Fsp3) is 0.167. The van der Waals surface area contributed by atoms with Crippen LogP contribution in [-0.4, -0.2) is 6.54 Å². The summed E-state index contributed by atoms with van der Waals surface area (Å²) in [5.41, 5.74) is 7.24. The van der Waals surface area contributed by atoms with E-state index in [4.69, 9.17) is 40.5 Å². The third-order valence-electron chi connectivity index (χ3n) is 2.41. The minimum atomic E-state index is 0.463. The Labute approximate surface area is 125 Å². The van der Waals surface area contributed by atoms with Crippen molar-refractivity contribution in [3.05, 3.63) is 43.5 Å². The lowest BCUT2D eigenvalue weighted by Crippen LogP contribution is -2.06. The van der Waals surface area contributed by atoms with Crippen LogP contribution in [0.15, 0.2) is 24.3 Å². The van der Waals surface area contributed by atoms with E-state index in [1.54, 1.807) is 23.5 Å². The van der Waals surface area contributed by atoms with Gasteiger partial charge >= 0.3 is 0 Å². The molecule has 0 spiro atoms. The van der Waals surface area contributed by atoms with Crippen LogP contribution in [0, 0.1) is 0 Å². The summed E-state index contributed by atoms with van der Waals surface area (Å²) < 4.78 is 0.805. The molecule has 0 unspecified atom stereocenters. The van der Waals surface area contributed by atoms with E-state index < -0.39 is 0 Å². The van der Waals surface area contributed by atoms with Crippen molar-refractivity contribution in [2.24, 2.45) is 0 Å². The van der Waals surface area contributed by atoms with Gasteiger partial charge in [0.1, 0.15) is 0 Å². The molecule has 0 aliphatic rings. The number of nitrogens with one attached hydrogen (secondary N) is 1. The minimum Gasteiger partial charge on any atom is -0.397 e. The van der Waals surface area contributed by atoms with E-state index in [1.807, 2.05) is 12.1 Å². The molecule has 6 heteroatoms. The molecule has 96 valence electrons. The van der Waals surface area contributed by atoms with Gasteiger partial charge in [0.25, 0.3) is 0 Å². The zero-order valence-corrected chi connectivity index (χ0v) is 12.4. The largest absolute Gasteiger partial charge is 0.397 e. The first-order chi connectivity index (χ1) is 8.56. The molecule has 2 nitrogen and oxygen atoms in total. The number of hydrogen-bond donors (Lipinski definition) is 2. The highest BCUT2D eigenvalue weighted by atomic mass is 35.5. The summed E-state index contributed by atoms with van der Waals surface area (Å²) in [6.45, 7) is 0.763. The standard InChI is InChI=1S/C12H11Cl3N2S/c13-8-5-10(16)11(6-9(8)14)17-4-3-7-1-2-12(15)18-7/h1-2,5-6,17H,3-4,16H2. The highest BCUT2D eigenvalue weighted by Crippen LogP contribution is 2.30. The summed E-state index contributed by atoms with van der Waals surface area (Å²) in [4.78, 5) is 1.23. The smallest absolute Gasteiger partial charge is 0.0931 e. The number of thiophene rings is 1. The molecule has 2 rings (SSSR count). The molecule has 0 aliphatic heterocycles. The van der Waals surface area contributed by atoms with E-state index in [0.717, 1.165) is 23.0 Å². The number of nitrogen functional groups attached to an aromatic ring is 1. The van der Waals surface area contributed by atoms with Crippen LogP contribution >= 0.6 is 46.1 Å². The summed E-state index contributed by atoms with van der Waals surface area (Å²) >= 11 is 19.3. The zero-order valence-electron chi connectivity index (χ0n) is 9.34. The third kappa shape index (κ3) is 3.45. The molecule has 0 radical (unpaired) electrons. The Morgan fingerprint density at radius 1 is 1.11 bits per heavy atom. The maximum atomic E-state index is 5.94. The number of hydrogen-bond acceptors (Lipinski definition) is 3. The van der Waals surface area contributed by atoms with Crippen LogP contribution in [0.3, 0.4) is 0 Å². The predicted octanol–water partition coefficient (Wildman–Crippen LogP) is 4.95. The molecule has 3 N–H and O–H groups in total. The number of nitrogens with two attached hydrogens (primary N) is 1. The van der Waals surface area contributed by atoms with Gasteiger partial charge in [0, 0.05) is 11.4 Å². The second kappa shape index (κ2) is 6.02. The molecule has 0 bridgehead atoms. The molecule has 1 heterocycles. The van der Waals surface area contributed by atoms with E-state index in [2.05, 4.69) is 5.32 Å². The van der Waals surface area contributed by atoms with Crippen LogP contribution in [0.4, 0.5) is 11.4 Å². The van der Waals surface area contributed by atoms with Gasteiger partial charge < -0.3 is 11.1 Å². The van der Waals surface area contributed by atoms with Gasteiger partial charge in [0.15, 0.2) is 0 Å². The molecular formula is C12H11Cl3N2S. The molecule has 0 aliphatic carbocycles. The van der Waals surface area contributed by atoms with Gasteiger partial charge in [0.05, 0.1) is 25.8 Å². The molecular weight excluding hydrogens is 311 g/mol. The van der Waals surface area contributed by atoms with Crippen LogP contribution in [0.1, 0.15) is 4.88 Å². The summed E-state index contributed by atoms with van der Waals surface area (Å²) in [6, 6.07) is 7.30. The summed E-state index contributed by atoms with van der Waals surface area (Å²) in [5.74, 6) is 0. The van der Waals surface area contributed by atoms with Gasteiger partial charge in [-0.15, -0.1) is 11.3 Å². The molecule has 0 saturated carbocycles. The molecule has 18 heavy (non-hydrogen) atoms. The van der Waals surface area contributed by atoms with Gasteiger partial charge in [0.2, 0.25) is 0 Å². The van der Waals surface area contributed by atoms with Crippen molar-refractivity contribution >= 4 is 57.5 Å². The molecule has 2 aromatic rings. The fourth-order valence-electron chi connectivity index (χ4n) is 1.52. The maximum Gasteiger partial charge on any atom is 0.0931 e. The minimum absolute atomic E-state index is 0.463. The summed E-state index contributed by atoms with van der Waals surface area (Å²) in [5, 5.41) is 4.19. The third-order valence-corrected chi connectivity index (χ3v) is 4.42. The van der Waals surface area contributed by atoms with Crippen LogP contribution < -0.4 is 11.1 Å². The molecule has 1 aromatic carbocycles. The van der Waals surface area contributed by atoms with Gasteiger partial charge in [-0.2, -0.15) is 0 Å². The second-order valence-electron chi connectivity index (χ2n) is 3.74. The van der Waals surface area contributed by atoms with Crippen molar-refractivity contribution in [3.8, 4) is 0 Å². The average molecular weight is 322 g/mol. The average Bonchev–Trinajstić information content (AvgIpc) is 2.71. The van der Waals surface area contributed by atoms with Crippen LogP contribution in [0.25, 0.3) is 0 Å². The second-order valence-corrected chi connectivity index (χ2v) is 6.35. The van der Waals surface area contributed by atoms with Gasteiger partial charge in [-0.3, -0.25) is 0 Å². The molecule has 1 aromatic heterocycles. The monoisotopic (exact) mass is 320 g/mol. The number of benzene rings is 1. The van der Waals surface area contributed by atoms with E-state index in [0.29, 0.717) is 15.7 Å². The quantitative estimate of drug-likeness (QED) is 0.782. The summed E-state index contributed by atoms with van der Waals surface area (Å²) in [7, 11) is 0. The SMILES string of the molecule is Nc1cc(Cl)c(Cl)cc1NCCc1ccc(Cl)s1. The molecule has 0 atom stereocenters. The highest BCUT2D eigenvalue weighted by Gasteiger charge is 2.05. The van der Waals surface area contributed by atoms with Crippen molar-refractivity contribution in [3.63, 3.8) is 0 Å². The lowest BCUT2D eigenvalue weighted by atomic mass is 10.2. The first-order valence-corrected chi connectivity index (χ1v) is 7.24. The fourth-order valence-corrected chi connectivity index (χ4v) is 2.94. The van der Waals surface area contributed by atoms with E-state index in [-0.39, 0.29) is 0 Å². The van der Waals surface area contributed by atoms with Crippen molar-refractivity contribution in [2.75, 3.05) is 17.6 Å². The Kier molecular flexibility index (Phi) is 4.62. The lowest BCUT2D eigenvalue weighted by Gasteiger charge is -2.10. The van der Waals surface area contributed by atoms with Crippen LogP contribution in [0.5, 0.6) is 0 Å². The number of halogens is 3. The normalized spacial score (nSPS) is 10.6. The summed E-state index contributed by atoms with van der Waals surface area (Å²) in [6.07, 6.45) is 0.886. The van der Waals surface area contributed by atoms with Gasteiger partial charge in [-0.05, 0) is 30.7 Å². The zero-order chi connectivity index (χ0) is 13.1. The molecule has 0 amide bonds. The lowest BCUT2D eigenvalue weighted by molar-refractivity contribution is 1.05. The van der Waals surface area contributed by atoms with Crippen molar-refractivity contribution < 1.29 is 0 Å². The predicted molar refractivity (Wildman–Crippen MR) is 82.4 cm³/mol. The van der Waals surface area contributed by atoms with E-state index in [9.17, 15) is 0 Å². The van der Waals surface area contributed by atoms with Crippen LogP contribution in [0.2, 0.25) is 14.4 Å². The van der Waals surface area contributed by atoms with Crippen molar-refractivity contribution in [2.45, 2.75) is 6.42 Å². The topological polar surface area (TPSA) is 38.0 Å². The van der Waals surface area contributed by atoms with E-state index in [1.165, 1.54) is 4.88 Å². The first kappa shape index (κ1) is 13.8. The van der Waals surface area contributed by atoms with E-state index >= 15 is 0 Å². The maximum absolute atomic E-state index is 5.94. The van der Waals surface area contributed by atoms with Crippen molar-refractivity contribution in [1.29, 1.82) is 0 Å². The first-order valence-electron chi connectivity index (χ1n) is 5.29. The Balaban J connectivity index is 1.96. The Hall–Kier alpha value is -0.610. The van der Waals surface area contributed by atoms with Gasteiger partial charge in [-0.25, -0.2) is 0 Å². The van der Waals surface area contributed by atoms with Crippen molar-refractivity contribution in [1.82, 2.24) is 0 Å². The highest BCUT2D eigenvalue weighted by molar-refractivity contribution is 7.16. The van der Waals surface area contributed by atoms with Crippen LogP contribution in [-0.2, 0) is 6.42 Å². The Morgan fingerprint density at radius 2 is 1.83 bits per heavy atom.